The summed E-state index contributed by atoms with van der Waals surface area (Å²) in [5.41, 5.74) is -0.397. The number of nitriles is 2. The van der Waals surface area contributed by atoms with Crippen molar-refractivity contribution in [1.29, 1.82) is 10.5 Å². The van der Waals surface area contributed by atoms with Crippen LogP contribution in [0.1, 0.15) is 0 Å². The van der Waals surface area contributed by atoms with Crippen LogP contribution in [0.25, 0.3) is 0 Å². The molecule has 0 amide bonds. The highest BCUT2D eigenvalue weighted by Gasteiger charge is 2.15. The molecule has 1 aromatic carbocycles. The summed E-state index contributed by atoms with van der Waals surface area (Å²) in [6.45, 7) is 0. The molecule has 0 saturated carbocycles. The molecule has 0 fully saturated rings. The Labute approximate surface area is 105 Å². The second kappa shape index (κ2) is 5.49. The Balaban J connectivity index is 3.15. The third kappa shape index (κ3) is 2.85. The van der Waals surface area contributed by atoms with Gasteiger partial charge in [-0.2, -0.15) is 10.5 Å². The molecular weight excluding hydrogens is 271 g/mol. The second-order valence-corrected chi connectivity index (χ2v) is 3.53. The lowest BCUT2D eigenvalue weighted by atomic mass is 10.3. The zero-order chi connectivity index (χ0) is 13.0. The highest BCUT2D eigenvalue weighted by Crippen LogP contribution is 2.32. The lowest BCUT2D eigenvalue weighted by Crippen LogP contribution is -1.95. The van der Waals surface area contributed by atoms with E-state index in [2.05, 4.69) is 5.32 Å². The molecule has 1 rings (SSSR count). The van der Waals surface area contributed by atoms with Gasteiger partial charge in [0.05, 0.1) is 5.69 Å². The predicted octanol–water partition coefficient (Wildman–Crippen LogP) is 3.61. The number of hydrogen-bond donors (Lipinski definition) is 1. The van der Waals surface area contributed by atoms with Crippen LogP contribution in [0.3, 0.4) is 0 Å². The van der Waals surface area contributed by atoms with Crippen LogP contribution in [-0.4, -0.2) is 0 Å². The molecule has 17 heavy (non-hydrogen) atoms. The fraction of sp³-hybridized carbons (Fsp3) is 0. The van der Waals surface area contributed by atoms with E-state index in [9.17, 15) is 8.78 Å². The fourth-order valence-corrected chi connectivity index (χ4v) is 1.32. The Kier molecular flexibility index (Phi) is 4.28. The maximum atomic E-state index is 13.2. The Morgan fingerprint density at radius 2 is 1.82 bits per heavy atom. The van der Waals surface area contributed by atoms with Crippen molar-refractivity contribution in [3.63, 3.8) is 0 Å². The minimum absolute atomic E-state index is 0.130. The molecule has 0 unspecified atom stereocenters. The van der Waals surface area contributed by atoms with Crippen LogP contribution in [-0.2, 0) is 0 Å². The van der Waals surface area contributed by atoms with Gasteiger partial charge in [-0.25, -0.2) is 8.78 Å². The van der Waals surface area contributed by atoms with Crippen LogP contribution in [0.15, 0.2) is 17.8 Å². The van der Waals surface area contributed by atoms with Crippen molar-refractivity contribution >= 4 is 28.9 Å². The summed E-state index contributed by atoms with van der Waals surface area (Å²) in [4.78, 5) is 0. The second-order valence-electron chi connectivity index (χ2n) is 2.77. The van der Waals surface area contributed by atoms with E-state index < -0.39 is 21.7 Å². The van der Waals surface area contributed by atoms with Gasteiger partial charge >= 0.3 is 0 Å². The van der Waals surface area contributed by atoms with Crippen LogP contribution in [0.5, 0.6) is 0 Å². The summed E-state index contributed by atoms with van der Waals surface area (Å²) in [6, 6.07) is 3.98. The van der Waals surface area contributed by atoms with E-state index in [0.29, 0.717) is 0 Å². The maximum absolute atomic E-state index is 13.2. The number of hydrogen-bond acceptors (Lipinski definition) is 3. The Morgan fingerprint density at radius 3 is 2.35 bits per heavy atom. The van der Waals surface area contributed by atoms with Crippen LogP contribution in [0, 0.1) is 34.3 Å². The van der Waals surface area contributed by atoms with Crippen molar-refractivity contribution in [2.24, 2.45) is 0 Å². The van der Waals surface area contributed by atoms with Gasteiger partial charge in [0, 0.05) is 12.3 Å². The van der Waals surface area contributed by atoms with Gasteiger partial charge in [-0.15, -0.1) is 0 Å². The van der Waals surface area contributed by atoms with Gasteiger partial charge in [0.25, 0.3) is 0 Å². The van der Waals surface area contributed by atoms with Crippen LogP contribution < -0.4 is 5.32 Å². The van der Waals surface area contributed by atoms with Crippen LogP contribution >= 0.6 is 23.2 Å². The first-order valence-corrected chi connectivity index (χ1v) is 4.86. The smallest absolute Gasteiger partial charge is 0.165 e. The molecule has 1 N–H and O–H groups in total. The van der Waals surface area contributed by atoms with Crippen molar-refractivity contribution in [3.8, 4) is 12.1 Å². The molecule has 7 heteroatoms. The van der Waals surface area contributed by atoms with Gasteiger partial charge in [0.2, 0.25) is 0 Å². The molecule has 86 valence electrons. The highest BCUT2D eigenvalue weighted by atomic mass is 35.5. The van der Waals surface area contributed by atoms with Crippen molar-refractivity contribution in [1.82, 2.24) is 0 Å². The molecule has 0 bridgehead atoms. The average molecular weight is 274 g/mol. The van der Waals surface area contributed by atoms with E-state index in [1.807, 2.05) is 0 Å². The lowest BCUT2D eigenvalue weighted by molar-refractivity contribution is 0.585. The molecule has 0 radical (unpaired) electrons. The topological polar surface area (TPSA) is 59.6 Å². The maximum Gasteiger partial charge on any atom is 0.165 e. The SMILES string of the molecule is N#CC(C#N)=CNc1cc(F)c(Cl)c(F)c1Cl. The zero-order valence-electron chi connectivity index (χ0n) is 8.06. The molecule has 0 aliphatic rings. The summed E-state index contributed by atoms with van der Waals surface area (Å²) in [5, 5.41) is 18.1. The number of nitrogens with one attached hydrogen (secondary N) is 1. The molecule has 0 aliphatic heterocycles. The molecule has 0 saturated heterocycles. The van der Waals surface area contributed by atoms with Crippen molar-refractivity contribution in [2.75, 3.05) is 5.32 Å². The highest BCUT2D eigenvalue weighted by molar-refractivity contribution is 6.36. The number of anilines is 1. The Hall–Kier alpha value is -1.82. The number of nitrogens with zero attached hydrogens (tertiary/aromatic N) is 2. The summed E-state index contributed by atoms with van der Waals surface area (Å²) < 4.78 is 26.3. The minimum atomic E-state index is -1.11. The molecule has 0 spiro atoms. The van der Waals surface area contributed by atoms with E-state index >= 15 is 0 Å². The molecule has 1 aromatic rings. The van der Waals surface area contributed by atoms with Gasteiger partial charge in [-0.1, -0.05) is 23.2 Å². The number of halogens is 4. The van der Waals surface area contributed by atoms with Crippen molar-refractivity contribution in [3.05, 3.63) is 39.5 Å². The van der Waals surface area contributed by atoms with Crippen LogP contribution in [0.2, 0.25) is 10.0 Å². The minimum Gasteiger partial charge on any atom is -0.358 e. The molecule has 3 nitrogen and oxygen atoms in total. The van der Waals surface area contributed by atoms with E-state index in [1.165, 1.54) is 0 Å². The van der Waals surface area contributed by atoms with Gasteiger partial charge in [-0.3, -0.25) is 0 Å². The summed E-state index contributed by atoms with van der Waals surface area (Å²) >= 11 is 10.8. The summed E-state index contributed by atoms with van der Waals surface area (Å²) in [6.07, 6.45) is 0.980. The quantitative estimate of drug-likeness (QED) is 0.509. The van der Waals surface area contributed by atoms with E-state index in [0.717, 1.165) is 12.3 Å². The fourth-order valence-electron chi connectivity index (χ4n) is 0.917. The molecule has 0 aliphatic carbocycles. The standard InChI is InChI=1S/C10H3Cl2F2N3/c11-8-6(13)1-7(9(12)10(8)14)17-4-5(2-15)3-16/h1,4,17H. The van der Waals surface area contributed by atoms with Gasteiger partial charge in [0.15, 0.2) is 5.82 Å². The normalized spacial score (nSPS) is 9.06. The van der Waals surface area contributed by atoms with Crippen LogP contribution in [0.4, 0.5) is 14.5 Å². The monoisotopic (exact) mass is 273 g/mol. The summed E-state index contributed by atoms with van der Waals surface area (Å²) in [5.74, 6) is -2.11. The van der Waals surface area contributed by atoms with E-state index in [-0.39, 0.29) is 11.3 Å². The third-order valence-corrected chi connectivity index (χ3v) is 2.43. The first kappa shape index (κ1) is 13.2. The Bertz CT molecular complexity index is 554. The Morgan fingerprint density at radius 1 is 1.24 bits per heavy atom. The zero-order valence-corrected chi connectivity index (χ0v) is 9.57. The molecule has 0 heterocycles. The first-order chi connectivity index (χ1) is 8.01. The van der Waals surface area contributed by atoms with Gasteiger partial charge in [0.1, 0.15) is 33.6 Å². The van der Waals surface area contributed by atoms with E-state index in [1.54, 1.807) is 12.1 Å². The van der Waals surface area contributed by atoms with E-state index in [4.69, 9.17) is 33.7 Å². The number of allylic oxidation sites excluding steroid dienone is 1. The molecule has 0 aromatic heterocycles. The average Bonchev–Trinajstić information content (AvgIpc) is 2.33. The number of benzene rings is 1. The molecular formula is C10H3Cl2F2N3. The summed E-state index contributed by atoms with van der Waals surface area (Å²) in [7, 11) is 0. The first-order valence-electron chi connectivity index (χ1n) is 4.11. The lowest BCUT2D eigenvalue weighted by Gasteiger charge is -2.06. The van der Waals surface area contributed by atoms with Crippen molar-refractivity contribution < 1.29 is 8.78 Å². The van der Waals surface area contributed by atoms with Crippen molar-refractivity contribution in [2.45, 2.75) is 0 Å². The third-order valence-electron chi connectivity index (χ3n) is 1.72. The predicted molar refractivity (Wildman–Crippen MR) is 59.3 cm³/mol. The molecule has 0 atom stereocenters. The number of rotatable bonds is 2. The largest absolute Gasteiger partial charge is 0.358 e. The van der Waals surface area contributed by atoms with Gasteiger partial charge < -0.3 is 5.32 Å². The van der Waals surface area contributed by atoms with Gasteiger partial charge in [-0.05, 0) is 0 Å².